The molecule has 0 amide bonds. The molecule has 0 aromatic heterocycles. The van der Waals surface area contributed by atoms with Gasteiger partial charge in [-0.15, -0.1) is 0 Å². The number of hydrogen-bond donors (Lipinski definition) is 1. The standard InChI is InChI=1S/C14H20ClNO2/c1-10-3-4-13(12(15)7-10)18-14(9-17-2)11-5-6-16-8-11/h3-4,7,11,14,16H,5-6,8-9H2,1-2H3. The van der Waals surface area contributed by atoms with Crippen molar-refractivity contribution in [3.8, 4) is 5.75 Å². The minimum Gasteiger partial charge on any atom is -0.486 e. The highest BCUT2D eigenvalue weighted by molar-refractivity contribution is 6.32. The van der Waals surface area contributed by atoms with Crippen LogP contribution in [0.2, 0.25) is 5.02 Å². The van der Waals surface area contributed by atoms with Crippen molar-refractivity contribution in [2.75, 3.05) is 26.8 Å². The topological polar surface area (TPSA) is 30.5 Å². The third kappa shape index (κ3) is 3.37. The molecular formula is C14H20ClNO2. The Morgan fingerprint density at radius 2 is 2.33 bits per heavy atom. The molecule has 3 nitrogen and oxygen atoms in total. The van der Waals surface area contributed by atoms with Gasteiger partial charge in [-0.3, -0.25) is 0 Å². The smallest absolute Gasteiger partial charge is 0.138 e. The number of ether oxygens (including phenoxy) is 2. The zero-order chi connectivity index (χ0) is 13.0. The molecule has 2 atom stereocenters. The molecule has 2 unspecified atom stereocenters. The minimum atomic E-state index is 0.0604. The molecule has 1 heterocycles. The first-order valence-corrected chi connectivity index (χ1v) is 6.71. The largest absolute Gasteiger partial charge is 0.486 e. The Kier molecular flexibility index (Phi) is 4.87. The number of benzene rings is 1. The van der Waals surface area contributed by atoms with E-state index < -0.39 is 0 Å². The van der Waals surface area contributed by atoms with E-state index >= 15 is 0 Å². The van der Waals surface area contributed by atoms with Gasteiger partial charge in [0.25, 0.3) is 0 Å². The SMILES string of the molecule is COCC(Oc1ccc(C)cc1Cl)C1CCNC1. The molecule has 1 aromatic rings. The molecule has 100 valence electrons. The molecular weight excluding hydrogens is 250 g/mol. The summed E-state index contributed by atoms with van der Waals surface area (Å²) in [7, 11) is 1.70. The molecule has 1 aliphatic heterocycles. The van der Waals surface area contributed by atoms with Crippen molar-refractivity contribution in [3.63, 3.8) is 0 Å². The number of hydrogen-bond acceptors (Lipinski definition) is 3. The highest BCUT2D eigenvalue weighted by Gasteiger charge is 2.27. The third-order valence-electron chi connectivity index (χ3n) is 3.32. The van der Waals surface area contributed by atoms with E-state index in [1.807, 2.05) is 25.1 Å². The predicted molar refractivity (Wildman–Crippen MR) is 73.5 cm³/mol. The zero-order valence-electron chi connectivity index (χ0n) is 10.9. The van der Waals surface area contributed by atoms with Crippen LogP contribution >= 0.6 is 11.6 Å². The van der Waals surface area contributed by atoms with Gasteiger partial charge in [-0.05, 0) is 37.6 Å². The molecule has 1 fully saturated rings. The lowest BCUT2D eigenvalue weighted by Gasteiger charge is -2.24. The van der Waals surface area contributed by atoms with E-state index in [-0.39, 0.29) is 6.10 Å². The molecule has 0 bridgehead atoms. The molecule has 0 aliphatic carbocycles. The minimum absolute atomic E-state index is 0.0604. The average molecular weight is 270 g/mol. The van der Waals surface area contributed by atoms with Crippen molar-refractivity contribution >= 4 is 11.6 Å². The number of halogens is 1. The second kappa shape index (κ2) is 6.41. The van der Waals surface area contributed by atoms with Gasteiger partial charge in [0.15, 0.2) is 0 Å². The van der Waals surface area contributed by atoms with Crippen LogP contribution in [0.4, 0.5) is 0 Å². The molecule has 1 N–H and O–H groups in total. The number of methoxy groups -OCH3 is 1. The van der Waals surface area contributed by atoms with E-state index in [1.165, 1.54) is 0 Å². The molecule has 1 aliphatic rings. The molecule has 0 spiro atoms. The molecule has 1 saturated heterocycles. The summed E-state index contributed by atoms with van der Waals surface area (Å²) in [4.78, 5) is 0. The summed E-state index contributed by atoms with van der Waals surface area (Å²) < 4.78 is 11.3. The lowest BCUT2D eigenvalue weighted by molar-refractivity contribution is 0.0483. The van der Waals surface area contributed by atoms with Gasteiger partial charge >= 0.3 is 0 Å². The van der Waals surface area contributed by atoms with Gasteiger partial charge in [-0.25, -0.2) is 0 Å². The fourth-order valence-electron chi connectivity index (χ4n) is 2.29. The van der Waals surface area contributed by atoms with Crippen LogP contribution in [0.1, 0.15) is 12.0 Å². The van der Waals surface area contributed by atoms with Crippen LogP contribution in [0.3, 0.4) is 0 Å². The molecule has 0 saturated carbocycles. The fourth-order valence-corrected chi connectivity index (χ4v) is 2.57. The van der Waals surface area contributed by atoms with Crippen molar-refractivity contribution in [1.82, 2.24) is 5.32 Å². The molecule has 18 heavy (non-hydrogen) atoms. The van der Waals surface area contributed by atoms with Crippen molar-refractivity contribution in [2.45, 2.75) is 19.4 Å². The number of nitrogens with one attached hydrogen (secondary N) is 1. The number of aryl methyl sites for hydroxylation is 1. The summed E-state index contributed by atoms with van der Waals surface area (Å²) in [6.07, 6.45) is 1.18. The van der Waals surface area contributed by atoms with E-state index in [9.17, 15) is 0 Å². The van der Waals surface area contributed by atoms with E-state index in [2.05, 4.69) is 5.32 Å². The first-order chi connectivity index (χ1) is 8.70. The van der Waals surface area contributed by atoms with Crippen molar-refractivity contribution < 1.29 is 9.47 Å². The summed E-state index contributed by atoms with van der Waals surface area (Å²) >= 11 is 6.20. The third-order valence-corrected chi connectivity index (χ3v) is 3.62. The monoisotopic (exact) mass is 269 g/mol. The first kappa shape index (κ1) is 13.7. The van der Waals surface area contributed by atoms with Crippen LogP contribution in [0.25, 0.3) is 0 Å². The highest BCUT2D eigenvalue weighted by atomic mass is 35.5. The summed E-state index contributed by atoms with van der Waals surface area (Å²) in [6, 6.07) is 5.87. The lowest BCUT2D eigenvalue weighted by atomic mass is 10.0. The van der Waals surface area contributed by atoms with Gasteiger partial charge < -0.3 is 14.8 Å². The van der Waals surface area contributed by atoms with Crippen LogP contribution in [0.15, 0.2) is 18.2 Å². The van der Waals surface area contributed by atoms with Crippen LogP contribution in [-0.2, 0) is 4.74 Å². The quantitative estimate of drug-likeness (QED) is 0.891. The second-order valence-corrected chi connectivity index (χ2v) is 5.21. The van der Waals surface area contributed by atoms with Gasteiger partial charge in [0.05, 0.1) is 11.6 Å². The molecule has 0 radical (unpaired) electrons. The summed E-state index contributed by atoms with van der Waals surface area (Å²) in [5, 5.41) is 4.02. The Hall–Kier alpha value is -0.770. The van der Waals surface area contributed by atoms with Gasteiger partial charge in [0.1, 0.15) is 11.9 Å². The van der Waals surface area contributed by atoms with E-state index in [0.29, 0.717) is 17.5 Å². The Balaban J connectivity index is 2.07. The van der Waals surface area contributed by atoms with Crippen LogP contribution < -0.4 is 10.1 Å². The average Bonchev–Trinajstić information content (AvgIpc) is 2.85. The highest BCUT2D eigenvalue weighted by Crippen LogP contribution is 2.28. The van der Waals surface area contributed by atoms with Crippen LogP contribution in [-0.4, -0.2) is 32.9 Å². The Morgan fingerprint density at radius 1 is 1.50 bits per heavy atom. The van der Waals surface area contributed by atoms with E-state index in [0.717, 1.165) is 30.8 Å². The zero-order valence-corrected chi connectivity index (χ0v) is 11.7. The van der Waals surface area contributed by atoms with Gasteiger partial charge in [0, 0.05) is 19.6 Å². The Labute approximate surface area is 113 Å². The van der Waals surface area contributed by atoms with E-state index in [1.54, 1.807) is 7.11 Å². The lowest BCUT2D eigenvalue weighted by Crippen LogP contribution is -2.33. The summed E-state index contributed by atoms with van der Waals surface area (Å²) in [6.45, 7) is 4.65. The van der Waals surface area contributed by atoms with Crippen molar-refractivity contribution in [2.24, 2.45) is 5.92 Å². The van der Waals surface area contributed by atoms with Crippen LogP contribution in [0, 0.1) is 12.8 Å². The number of rotatable bonds is 5. The van der Waals surface area contributed by atoms with Crippen molar-refractivity contribution in [3.05, 3.63) is 28.8 Å². The van der Waals surface area contributed by atoms with Crippen LogP contribution in [0.5, 0.6) is 5.75 Å². The maximum atomic E-state index is 6.20. The fraction of sp³-hybridized carbons (Fsp3) is 0.571. The van der Waals surface area contributed by atoms with E-state index in [4.69, 9.17) is 21.1 Å². The van der Waals surface area contributed by atoms with Gasteiger partial charge in [-0.2, -0.15) is 0 Å². The molecule has 2 rings (SSSR count). The van der Waals surface area contributed by atoms with Gasteiger partial charge in [-0.1, -0.05) is 17.7 Å². The molecule has 1 aromatic carbocycles. The second-order valence-electron chi connectivity index (χ2n) is 4.80. The first-order valence-electron chi connectivity index (χ1n) is 6.33. The Bertz CT molecular complexity index is 391. The maximum Gasteiger partial charge on any atom is 0.138 e. The van der Waals surface area contributed by atoms with Crippen molar-refractivity contribution in [1.29, 1.82) is 0 Å². The molecule has 4 heteroatoms. The summed E-state index contributed by atoms with van der Waals surface area (Å²) in [5.41, 5.74) is 1.14. The normalized spacial score (nSPS) is 20.9. The Morgan fingerprint density at radius 3 is 2.94 bits per heavy atom. The summed E-state index contributed by atoms with van der Waals surface area (Å²) in [5.74, 6) is 1.23. The maximum absolute atomic E-state index is 6.20. The predicted octanol–water partition coefficient (Wildman–Crippen LogP) is 2.65. The van der Waals surface area contributed by atoms with Gasteiger partial charge in [0.2, 0.25) is 0 Å².